The molecular formula is C17H28N2O. The Balaban J connectivity index is 1.68. The van der Waals surface area contributed by atoms with Crippen molar-refractivity contribution in [2.24, 2.45) is 5.41 Å². The number of hydrogen-bond donors (Lipinski definition) is 2. The van der Waals surface area contributed by atoms with Crippen molar-refractivity contribution in [3.05, 3.63) is 35.9 Å². The predicted octanol–water partition coefficient (Wildman–Crippen LogP) is 1.91. The molecule has 1 aromatic rings. The Kier molecular flexibility index (Phi) is 5.58. The first-order valence-corrected chi connectivity index (χ1v) is 7.69. The molecule has 0 aliphatic carbocycles. The highest BCUT2D eigenvalue weighted by Gasteiger charge is 2.24. The van der Waals surface area contributed by atoms with Gasteiger partial charge in [-0.1, -0.05) is 44.2 Å². The number of aliphatic hydroxyl groups is 1. The third kappa shape index (κ3) is 4.89. The fourth-order valence-corrected chi connectivity index (χ4v) is 2.61. The van der Waals surface area contributed by atoms with Crippen LogP contribution in [-0.4, -0.2) is 48.8 Å². The Morgan fingerprint density at radius 1 is 1.30 bits per heavy atom. The van der Waals surface area contributed by atoms with Gasteiger partial charge in [0.25, 0.3) is 0 Å². The molecule has 1 atom stereocenters. The Bertz CT molecular complexity index is 391. The number of hydrogen-bond acceptors (Lipinski definition) is 3. The predicted molar refractivity (Wildman–Crippen MR) is 83.9 cm³/mol. The average Bonchev–Trinajstić information content (AvgIpc) is 2.92. The van der Waals surface area contributed by atoms with Crippen molar-refractivity contribution >= 4 is 0 Å². The van der Waals surface area contributed by atoms with Crippen LogP contribution in [0.15, 0.2) is 30.3 Å². The van der Waals surface area contributed by atoms with E-state index in [-0.39, 0.29) is 12.0 Å². The molecule has 0 bridgehead atoms. The first-order valence-electron chi connectivity index (χ1n) is 7.69. The smallest absolute Gasteiger partial charge is 0.0494 e. The molecule has 0 spiro atoms. The normalized spacial score (nSPS) is 20.4. The molecule has 112 valence electrons. The minimum absolute atomic E-state index is 0.0164. The Hall–Kier alpha value is -0.900. The van der Waals surface area contributed by atoms with E-state index in [1.807, 2.05) is 0 Å². The van der Waals surface area contributed by atoms with Crippen molar-refractivity contribution in [3.63, 3.8) is 0 Å². The number of aliphatic hydroxyl groups excluding tert-OH is 1. The van der Waals surface area contributed by atoms with Gasteiger partial charge >= 0.3 is 0 Å². The van der Waals surface area contributed by atoms with Gasteiger partial charge in [0.15, 0.2) is 0 Å². The number of rotatable bonds is 7. The van der Waals surface area contributed by atoms with E-state index in [1.54, 1.807) is 0 Å². The number of benzene rings is 1. The van der Waals surface area contributed by atoms with Gasteiger partial charge < -0.3 is 15.3 Å². The molecule has 1 unspecified atom stereocenters. The van der Waals surface area contributed by atoms with Gasteiger partial charge in [-0.25, -0.2) is 0 Å². The lowest BCUT2D eigenvalue weighted by molar-refractivity contribution is 0.153. The molecule has 0 radical (unpaired) electrons. The van der Waals surface area contributed by atoms with E-state index < -0.39 is 0 Å². The van der Waals surface area contributed by atoms with E-state index >= 15 is 0 Å². The number of nitrogens with one attached hydrogen (secondary N) is 1. The van der Waals surface area contributed by atoms with E-state index in [1.165, 1.54) is 18.5 Å². The molecule has 20 heavy (non-hydrogen) atoms. The number of likely N-dealkylation sites (tertiary alicyclic amines) is 1. The van der Waals surface area contributed by atoms with Crippen LogP contribution >= 0.6 is 0 Å². The van der Waals surface area contributed by atoms with Crippen LogP contribution in [0.5, 0.6) is 0 Å². The maximum absolute atomic E-state index is 9.28. The van der Waals surface area contributed by atoms with Crippen LogP contribution in [0.3, 0.4) is 0 Å². The second-order valence-electron chi connectivity index (χ2n) is 6.73. The molecule has 3 nitrogen and oxygen atoms in total. The molecule has 1 aliphatic heterocycles. The second-order valence-corrected chi connectivity index (χ2v) is 6.73. The minimum Gasteiger partial charge on any atom is -0.396 e. The molecule has 0 saturated carbocycles. The van der Waals surface area contributed by atoms with Crippen LogP contribution in [0.4, 0.5) is 0 Å². The standard InChI is InChI=1S/C17H28N2O/c1-17(2,14-20)13-18-16-9-11-19(12-16)10-8-15-6-4-3-5-7-15/h3-7,16,18,20H,8-14H2,1-2H3. The third-order valence-corrected chi connectivity index (χ3v) is 4.13. The quantitative estimate of drug-likeness (QED) is 0.798. The molecule has 1 aliphatic rings. The fraction of sp³-hybridized carbons (Fsp3) is 0.647. The van der Waals surface area contributed by atoms with Crippen molar-refractivity contribution in [2.45, 2.75) is 32.7 Å². The highest BCUT2D eigenvalue weighted by atomic mass is 16.3. The van der Waals surface area contributed by atoms with Crippen molar-refractivity contribution in [1.29, 1.82) is 0 Å². The minimum atomic E-state index is -0.0164. The molecule has 1 aromatic carbocycles. The third-order valence-electron chi connectivity index (χ3n) is 4.13. The zero-order valence-corrected chi connectivity index (χ0v) is 12.8. The summed E-state index contributed by atoms with van der Waals surface area (Å²) < 4.78 is 0. The summed E-state index contributed by atoms with van der Waals surface area (Å²) in [6, 6.07) is 11.3. The summed E-state index contributed by atoms with van der Waals surface area (Å²) in [7, 11) is 0. The molecular weight excluding hydrogens is 248 g/mol. The monoisotopic (exact) mass is 276 g/mol. The molecule has 1 fully saturated rings. The van der Waals surface area contributed by atoms with Crippen molar-refractivity contribution < 1.29 is 5.11 Å². The molecule has 1 saturated heterocycles. The average molecular weight is 276 g/mol. The Morgan fingerprint density at radius 3 is 2.75 bits per heavy atom. The lowest BCUT2D eigenvalue weighted by Gasteiger charge is -2.25. The summed E-state index contributed by atoms with van der Waals surface area (Å²) in [6.07, 6.45) is 2.35. The number of nitrogens with zero attached hydrogens (tertiary/aromatic N) is 1. The second kappa shape index (κ2) is 7.21. The van der Waals surface area contributed by atoms with Crippen LogP contribution in [0, 0.1) is 5.41 Å². The van der Waals surface area contributed by atoms with Crippen LogP contribution in [0.2, 0.25) is 0 Å². The lowest BCUT2D eigenvalue weighted by Crippen LogP contribution is -2.40. The van der Waals surface area contributed by atoms with Gasteiger partial charge in [0.05, 0.1) is 0 Å². The van der Waals surface area contributed by atoms with Crippen molar-refractivity contribution in [1.82, 2.24) is 10.2 Å². The molecule has 2 rings (SSSR count). The molecule has 3 heteroatoms. The van der Waals surface area contributed by atoms with E-state index in [2.05, 4.69) is 54.4 Å². The van der Waals surface area contributed by atoms with Gasteiger partial charge in [0, 0.05) is 37.7 Å². The SMILES string of the molecule is CC(C)(CO)CNC1CCN(CCc2ccccc2)C1. The molecule has 0 aromatic heterocycles. The van der Waals surface area contributed by atoms with Crippen molar-refractivity contribution in [3.8, 4) is 0 Å². The van der Waals surface area contributed by atoms with E-state index in [0.29, 0.717) is 6.04 Å². The largest absolute Gasteiger partial charge is 0.396 e. The highest BCUT2D eigenvalue weighted by molar-refractivity contribution is 5.14. The molecule has 2 N–H and O–H groups in total. The summed E-state index contributed by atoms with van der Waals surface area (Å²) in [5.41, 5.74) is 1.41. The summed E-state index contributed by atoms with van der Waals surface area (Å²) in [4.78, 5) is 2.54. The summed E-state index contributed by atoms with van der Waals surface area (Å²) in [6.45, 7) is 8.79. The summed E-state index contributed by atoms with van der Waals surface area (Å²) >= 11 is 0. The zero-order valence-electron chi connectivity index (χ0n) is 12.8. The maximum atomic E-state index is 9.28. The van der Waals surface area contributed by atoms with Crippen LogP contribution < -0.4 is 5.32 Å². The van der Waals surface area contributed by atoms with Crippen molar-refractivity contribution in [2.75, 3.05) is 32.8 Å². The van der Waals surface area contributed by atoms with Gasteiger partial charge in [0.1, 0.15) is 0 Å². The lowest BCUT2D eigenvalue weighted by atomic mass is 9.94. The Morgan fingerprint density at radius 2 is 2.05 bits per heavy atom. The van der Waals surface area contributed by atoms with Gasteiger partial charge in [-0.05, 0) is 24.9 Å². The molecule has 1 heterocycles. The van der Waals surface area contributed by atoms with Gasteiger partial charge in [0.2, 0.25) is 0 Å². The van der Waals surface area contributed by atoms with Crippen LogP contribution in [-0.2, 0) is 6.42 Å². The summed E-state index contributed by atoms with van der Waals surface area (Å²) in [5.74, 6) is 0. The van der Waals surface area contributed by atoms with Crippen LogP contribution in [0.1, 0.15) is 25.8 Å². The topological polar surface area (TPSA) is 35.5 Å². The van der Waals surface area contributed by atoms with E-state index in [0.717, 1.165) is 26.1 Å². The van der Waals surface area contributed by atoms with E-state index in [4.69, 9.17) is 0 Å². The maximum Gasteiger partial charge on any atom is 0.0494 e. The van der Waals surface area contributed by atoms with Gasteiger partial charge in [-0.3, -0.25) is 0 Å². The fourth-order valence-electron chi connectivity index (χ4n) is 2.61. The van der Waals surface area contributed by atoms with Gasteiger partial charge in [-0.2, -0.15) is 0 Å². The first-order chi connectivity index (χ1) is 9.59. The Labute approximate surface area is 123 Å². The highest BCUT2D eigenvalue weighted by Crippen LogP contribution is 2.15. The first kappa shape index (κ1) is 15.5. The van der Waals surface area contributed by atoms with Crippen LogP contribution in [0.25, 0.3) is 0 Å². The van der Waals surface area contributed by atoms with Gasteiger partial charge in [-0.15, -0.1) is 0 Å². The van der Waals surface area contributed by atoms with E-state index in [9.17, 15) is 5.11 Å². The summed E-state index contributed by atoms with van der Waals surface area (Å²) in [5, 5.41) is 12.9. The zero-order chi connectivity index (χ0) is 14.4. The molecule has 0 amide bonds.